The number of fused-ring (bicyclic) bond motifs is 2. The third-order valence-electron chi connectivity index (χ3n) is 9.33. The van der Waals surface area contributed by atoms with Gasteiger partial charge in [-0.2, -0.15) is 0 Å². The molecule has 1 N–H and O–H groups in total. The highest BCUT2D eigenvalue weighted by atomic mass is 16.6. The Morgan fingerprint density at radius 1 is 1.20 bits per heavy atom. The number of carbonyl (C=O) groups is 3. The number of ether oxygens (including phenoxy) is 2. The number of aliphatic hydroxyl groups is 1. The number of amides is 2. The van der Waals surface area contributed by atoms with Gasteiger partial charge in [-0.15, -0.1) is 6.58 Å². The van der Waals surface area contributed by atoms with Gasteiger partial charge in [0, 0.05) is 12.2 Å². The Morgan fingerprint density at radius 2 is 1.93 bits per heavy atom. The minimum atomic E-state index is -1.19. The number of anilines is 1. The van der Waals surface area contributed by atoms with Gasteiger partial charge >= 0.3 is 5.97 Å². The molecule has 2 unspecified atom stereocenters. The molecule has 214 valence electrons. The van der Waals surface area contributed by atoms with Gasteiger partial charge in [-0.1, -0.05) is 57.2 Å². The van der Waals surface area contributed by atoms with E-state index in [1.807, 2.05) is 63.2 Å². The summed E-state index contributed by atoms with van der Waals surface area (Å²) in [6, 6.07) is 12.1. The molecule has 0 aromatic heterocycles. The Morgan fingerprint density at radius 3 is 2.55 bits per heavy atom. The summed E-state index contributed by atoms with van der Waals surface area (Å²) < 4.78 is 12.3. The Kier molecular flexibility index (Phi) is 7.52. The molecule has 6 atom stereocenters. The number of likely N-dealkylation sites (tertiary alicyclic amines) is 1. The number of aliphatic hydroxyl groups excluding tert-OH is 1. The van der Waals surface area contributed by atoms with E-state index in [-0.39, 0.29) is 37.5 Å². The van der Waals surface area contributed by atoms with Gasteiger partial charge in [0.25, 0.3) is 5.91 Å². The molecule has 8 heteroatoms. The molecule has 2 aromatic carbocycles. The van der Waals surface area contributed by atoms with Crippen LogP contribution in [0.2, 0.25) is 0 Å². The van der Waals surface area contributed by atoms with Crippen LogP contribution < -0.4 is 4.90 Å². The van der Waals surface area contributed by atoms with E-state index in [1.165, 1.54) is 4.90 Å². The van der Waals surface area contributed by atoms with Gasteiger partial charge in [0.1, 0.15) is 17.6 Å². The SMILES string of the molecule is C=CCN(C(=O)C1N([C@@H](CO)C(C)C)C(=O)[C@@H]2[C@@H](C(=O)OCC)[C@@]3(CC)CCC12O3)c1ccc2ccccc2c1. The second-order valence-corrected chi connectivity index (χ2v) is 11.6. The standard InChI is InChI=1S/C32H40N2O6/c1-6-17-33(23-14-13-21-11-9-10-12-22(21)18-23)29(37)27-32-16-15-31(7-2,40-32)26(30(38)39-8-3)25(32)28(36)34(27)24(19-35)20(4)5/h6,9-14,18,20,24-27,35H,1,7-8,15-17,19H2,2-5H3/t24-,25-,26-,27?,31+,32?/m0/s1. The van der Waals surface area contributed by atoms with Crippen molar-refractivity contribution in [2.75, 3.05) is 24.7 Å². The smallest absolute Gasteiger partial charge is 0.312 e. The highest BCUT2D eigenvalue weighted by Gasteiger charge is 2.79. The summed E-state index contributed by atoms with van der Waals surface area (Å²) in [7, 11) is 0. The third-order valence-corrected chi connectivity index (χ3v) is 9.33. The fourth-order valence-electron chi connectivity index (χ4n) is 7.45. The Labute approximate surface area is 235 Å². The fraction of sp³-hybridized carbons (Fsp3) is 0.531. The zero-order valence-electron chi connectivity index (χ0n) is 23.8. The maximum absolute atomic E-state index is 14.8. The lowest BCUT2D eigenvalue weighted by molar-refractivity contribution is -0.162. The topological polar surface area (TPSA) is 96.4 Å². The fourth-order valence-corrected chi connectivity index (χ4v) is 7.45. The van der Waals surface area contributed by atoms with E-state index >= 15 is 0 Å². The molecule has 3 fully saturated rings. The summed E-state index contributed by atoms with van der Waals surface area (Å²) in [6.07, 6.45) is 3.21. The Bertz CT molecular complexity index is 1330. The van der Waals surface area contributed by atoms with Crippen molar-refractivity contribution in [1.82, 2.24) is 4.90 Å². The maximum atomic E-state index is 14.8. The van der Waals surface area contributed by atoms with E-state index < -0.39 is 41.1 Å². The number of carbonyl (C=O) groups excluding carboxylic acids is 3. The van der Waals surface area contributed by atoms with Crippen molar-refractivity contribution in [3.05, 3.63) is 55.1 Å². The van der Waals surface area contributed by atoms with Crippen LogP contribution in [0.5, 0.6) is 0 Å². The molecule has 2 amide bonds. The van der Waals surface area contributed by atoms with E-state index in [1.54, 1.807) is 17.9 Å². The van der Waals surface area contributed by atoms with Crippen LogP contribution in [-0.2, 0) is 23.9 Å². The molecule has 0 saturated carbocycles. The Balaban J connectivity index is 1.66. The highest BCUT2D eigenvalue weighted by molar-refractivity contribution is 6.05. The van der Waals surface area contributed by atoms with Crippen LogP contribution >= 0.6 is 0 Å². The first kappa shape index (κ1) is 28.3. The quantitative estimate of drug-likeness (QED) is 0.355. The summed E-state index contributed by atoms with van der Waals surface area (Å²) in [5.74, 6) is -2.88. The molecule has 0 radical (unpaired) electrons. The lowest BCUT2D eigenvalue weighted by Gasteiger charge is -2.40. The third kappa shape index (κ3) is 4.06. The van der Waals surface area contributed by atoms with Crippen LogP contribution in [0.4, 0.5) is 5.69 Å². The summed E-state index contributed by atoms with van der Waals surface area (Å²) in [5.41, 5.74) is -1.38. The lowest BCUT2D eigenvalue weighted by atomic mass is 9.65. The number of hydrogen-bond donors (Lipinski definition) is 1. The largest absolute Gasteiger partial charge is 0.466 e. The molecule has 3 aliphatic rings. The van der Waals surface area contributed by atoms with Crippen molar-refractivity contribution in [2.24, 2.45) is 17.8 Å². The molecule has 40 heavy (non-hydrogen) atoms. The van der Waals surface area contributed by atoms with Gasteiger partial charge in [0.2, 0.25) is 5.91 Å². The monoisotopic (exact) mass is 548 g/mol. The lowest BCUT2D eigenvalue weighted by Crippen LogP contribution is -2.60. The summed E-state index contributed by atoms with van der Waals surface area (Å²) in [5, 5.41) is 12.5. The number of rotatable bonds is 10. The maximum Gasteiger partial charge on any atom is 0.312 e. The van der Waals surface area contributed by atoms with Crippen LogP contribution in [0.1, 0.15) is 47.0 Å². The van der Waals surface area contributed by atoms with Crippen LogP contribution in [0.15, 0.2) is 55.1 Å². The highest BCUT2D eigenvalue weighted by Crippen LogP contribution is 2.65. The second-order valence-electron chi connectivity index (χ2n) is 11.6. The zero-order chi connectivity index (χ0) is 28.8. The van der Waals surface area contributed by atoms with E-state index in [2.05, 4.69) is 6.58 Å². The van der Waals surface area contributed by atoms with Crippen molar-refractivity contribution in [1.29, 1.82) is 0 Å². The van der Waals surface area contributed by atoms with E-state index in [0.717, 1.165) is 10.8 Å². The Hall–Kier alpha value is -3.23. The predicted octanol–water partition coefficient (Wildman–Crippen LogP) is 4.09. The zero-order valence-corrected chi connectivity index (χ0v) is 23.8. The molecular weight excluding hydrogens is 508 g/mol. The minimum absolute atomic E-state index is 0.133. The van der Waals surface area contributed by atoms with Gasteiger partial charge < -0.3 is 24.4 Å². The normalized spacial score (nSPS) is 29.6. The molecule has 3 aliphatic heterocycles. The summed E-state index contributed by atoms with van der Waals surface area (Å²) in [4.78, 5) is 45.8. The van der Waals surface area contributed by atoms with Crippen molar-refractivity contribution in [3.63, 3.8) is 0 Å². The number of nitrogens with zero attached hydrogens (tertiary/aromatic N) is 2. The first-order valence-electron chi connectivity index (χ1n) is 14.4. The van der Waals surface area contributed by atoms with Gasteiger partial charge in [0.05, 0.1) is 30.8 Å². The first-order valence-corrected chi connectivity index (χ1v) is 14.4. The second kappa shape index (κ2) is 10.6. The van der Waals surface area contributed by atoms with Gasteiger partial charge in [-0.05, 0) is 55.0 Å². The molecule has 2 bridgehead atoms. The van der Waals surface area contributed by atoms with E-state index in [0.29, 0.717) is 24.9 Å². The van der Waals surface area contributed by atoms with Crippen LogP contribution in [0.25, 0.3) is 10.8 Å². The molecule has 0 aliphatic carbocycles. The van der Waals surface area contributed by atoms with Gasteiger partial charge in [-0.3, -0.25) is 14.4 Å². The minimum Gasteiger partial charge on any atom is -0.466 e. The molecule has 1 spiro atoms. The van der Waals surface area contributed by atoms with Crippen molar-refractivity contribution >= 4 is 34.2 Å². The molecule has 5 rings (SSSR count). The van der Waals surface area contributed by atoms with Gasteiger partial charge in [-0.25, -0.2) is 0 Å². The van der Waals surface area contributed by atoms with Crippen LogP contribution in [0.3, 0.4) is 0 Å². The van der Waals surface area contributed by atoms with Crippen molar-refractivity contribution < 1.29 is 29.0 Å². The number of hydrogen-bond acceptors (Lipinski definition) is 6. The molecule has 3 saturated heterocycles. The molecule has 3 heterocycles. The molecular formula is C32H40N2O6. The number of benzene rings is 2. The molecule has 8 nitrogen and oxygen atoms in total. The summed E-state index contributed by atoms with van der Waals surface area (Å²) in [6.45, 7) is 11.5. The molecule has 2 aromatic rings. The summed E-state index contributed by atoms with van der Waals surface area (Å²) >= 11 is 0. The average Bonchev–Trinajstić information content (AvgIpc) is 3.55. The predicted molar refractivity (Wildman–Crippen MR) is 153 cm³/mol. The van der Waals surface area contributed by atoms with Gasteiger partial charge in [0.15, 0.2) is 0 Å². The van der Waals surface area contributed by atoms with E-state index in [9.17, 15) is 19.5 Å². The van der Waals surface area contributed by atoms with Crippen LogP contribution in [0, 0.1) is 17.8 Å². The average molecular weight is 549 g/mol. The first-order chi connectivity index (χ1) is 19.2. The van der Waals surface area contributed by atoms with E-state index in [4.69, 9.17) is 9.47 Å². The van der Waals surface area contributed by atoms with Crippen LogP contribution in [-0.4, -0.2) is 70.8 Å². The van der Waals surface area contributed by atoms with Crippen molar-refractivity contribution in [3.8, 4) is 0 Å². The van der Waals surface area contributed by atoms with Crippen molar-refractivity contribution in [2.45, 2.75) is 70.2 Å². The number of esters is 1.